The first-order chi connectivity index (χ1) is 6.79. The van der Waals surface area contributed by atoms with Gasteiger partial charge >= 0.3 is 0 Å². The van der Waals surface area contributed by atoms with Crippen molar-refractivity contribution in [3.63, 3.8) is 0 Å². The summed E-state index contributed by atoms with van der Waals surface area (Å²) in [4.78, 5) is 2.39. The van der Waals surface area contributed by atoms with Crippen LogP contribution < -0.4 is 0 Å². The molecule has 0 bridgehead atoms. The van der Waals surface area contributed by atoms with Gasteiger partial charge in [0.2, 0.25) is 0 Å². The van der Waals surface area contributed by atoms with Gasteiger partial charge < -0.3 is 5.41 Å². The Hall–Kier alpha value is -0.810. The van der Waals surface area contributed by atoms with E-state index in [9.17, 15) is 0 Å². The van der Waals surface area contributed by atoms with Crippen molar-refractivity contribution < 1.29 is 0 Å². The van der Waals surface area contributed by atoms with Gasteiger partial charge in [-0.3, -0.25) is 4.90 Å². The zero-order valence-corrected chi connectivity index (χ0v) is 9.00. The topological polar surface area (TPSA) is 27.1 Å². The molecule has 0 aromatic rings. The lowest BCUT2D eigenvalue weighted by atomic mass is 10.1. The first kappa shape index (κ1) is 11.3. The highest BCUT2D eigenvalue weighted by molar-refractivity contribution is 5.53. The van der Waals surface area contributed by atoms with Crippen LogP contribution in [0.15, 0.2) is 0 Å². The Morgan fingerprint density at radius 1 is 1.57 bits per heavy atom. The van der Waals surface area contributed by atoms with Crippen LogP contribution in [0.4, 0.5) is 0 Å². The normalized spacial score (nSPS) is 19.5. The molecule has 0 unspecified atom stereocenters. The second-order valence-electron chi connectivity index (χ2n) is 4.10. The molecule has 1 N–H and O–H groups in total. The molecule has 1 aliphatic rings. The van der Waals surface area contributed by atoms with Gasteiger partial charge in [-0.15, -0.1) is 6.42 Å². The predicted molar refractivity (Wildman–Crippen MR) is 60.7 cm³/mol. The SMILES string of the molecule is C#CCN(C1CCCC1)[C@H](C)CC=N. The standard InChI is InChI=1S/C12H20N2/c1-3-10-14(11(2)8-9-13)12-6-4-5-7-12/h1,9,11-13H,4-8,10H2,2H3/t11-/m1/s1. The molecule has 0 radical (unpaired) electrons. The zero-order chi connectivity index (χ0) is 10.4. The van der Waals surface area contributed by atoms with Gasteiger partial charge in [0.05, 0.1) is 6.54 Å². The van der Waals surface area contributed by atoms with Gasteiger partial charge in [-0.05, 0) is 32.4 Å². The van der Waals surface area contributed by atoms with Crippen LogP contribution in [0.3, 0.4) is 0 Å². The van der Waals surface area contributed by atoms with Gasteiger partial charge in [0.15, 0.2) is 0 Å². The Balaban J connectivity index is 2.52. The van der Waals surface area contributed by atoms with E-state index in [2.05, 4.69) is 17.7 Å². The van der Waals surface area contributed by atoms with Crippen LogP contribution in [-0.4, -0.2) is 29.7 Å². The van der Waals surface area contributed by atoms with E-state index in [1.54, 1.807) is 0 Å². The van der Waals surface area contributed by atoms with Crippen LogP contribution in [0.25, 0.3) is 0 Å². The molecule has 2 heteroatoms. The van der Waals surface area contributed by atoms with E-state index < -0.39 is 0 Å². The van der Waals surface area contributed by atoms with E-state index in [1.807, 2.05) is 0 Å². The van der Waals surface area contributed by atoms with E-state index in [0.29, 0.717) is 12.1 Å². The van der Waals surface area contributed by atoms with Crippen LogP contribution >= 0.6 is 0 Å². The number of nitrogens with zero attached hydrogens (tertiary/aromatic N) is 1. The van der Waals surface area contributed by atoms with Crippen molar-refractivity contribution in [1.82, 2.24) is 4.90 Å². The second kappa shape index (κ2) is 5.82. The minimum Gasteiger partial charge on any atom is -0.313 e. The Labute approximate surface area is 87.2 Å². The molecule has 14 heavy (non-hydrogen) atoms. The third-order valence-corrected chi connectivity index (χ3v) is 3.09. The fraction of sp³-hybridized carbons (Fsp3) is 0.750. The molecule has 2 nitrogen and oxygen atoms in total. The molecule has 0 amide bonds. The minimum atomic E-state index is 0.423. The van der Waals surface area contributed by atoms with Crippen molar-refractivity contribution in [1.29, 1.82) is 5.41 Å². The van der Waals surface area contributed by atoms with E-state index in [1.165, 1.54) is 31.9 Å². The van der Waals surface area contributed by atoms with Gasteiger partial charge in [-0.25, -0.2) is 0 Å². The van der Waals surface area contributed by atoms with Crippen LogP contribution in [0.1, 0.15) is 39.0 Å². The maximum Gasteiger partial charge on any atom is 0.0603 e. The lowest BCUT2D eigenvalue weighted by Crippen LogP contribution is -2.40. The number of rotatable bonds is 5. The van der Waals surface area contributed by atoms with Crippen molar-refractivity contribution in [3.8, 4) is 12.3 Å². The molecular weight excluding hydrogens is 172 g/mol. The molecule has 1 rings (SSSR count). The summed E-state index contributed by atoms with van der Waals surface area (Å²) in [5, 5.41) is 7.13. The van der Waals surface area contributed by atoms with E-state index in [-0.39, 0.29) is 0 Å². The molecule has 0 aliphatic heterocycles. The molecule has 1 aliphatic carbocycles. The van der Waals surface area contributed by atoms with Gasteiger partial charge in [-0.2, -0.15) is 0 Å². The monoisotopic (exact) mass is 192 g/mol. The lowest BCUT2D eigenvalue weighted by Gasteiger charge is -2.32. The summed E-state index contributed by atoms with van der Waals surface area (Å²) >= 11 is 0. The molecular formula is C12H20N2. The smallest absolute Gasteiger partial charge is 0.0603 e. The molecule has 0 saturated heterocycles. The van der Waals surface area contributed by atoms with E-state index >= 15 is 0 Å². The third-order valence-electron chi connectivity index (χ3n) is 3.09. The molecule has 0 aromatic carbocycles. The van der Waals surface area contributed by atoms with Gasteiger partial charge in [0.25, 0.3) is 0 Å². The quantitative estimate of drug-likeness (QED) is 0.525. The van der Waals surface area contributed by atoms with Gasteiger partial charge in [0.1, 0.15) is 0 Å². The van der Waals surface area contributed by atoms with Gasteiger partial charge in [-0.1, -0.05) is 18.8 Å². The maximum atomic E-state index is 7.13. The summed E-state index contributed by atoms with van der Waals surface area (Å²) < 4.78 is 0. The number of nitrogens with one attached hydrogen (secondary N) is 1. The molecule has 0 heterocycles. The number of hydrogen-bond donors (Lipinski definition) is 1. The van der Waals surface area contributed by atoms with Crippen molar-refractivity contribution in [2.24, 2.45) is 0 Å². The van der Waals surface area contributed by atoms with Crippen LogP contribution in [0.2, 0.25) is 0 Å². The zero-order valence-electron chi connectivity index (χ0n) is 9.00. The summed E-state index contributed by atoms with van der Waals surface area (Å²) in [6.45, 7) is 2.90. The van der Waals surface area contributed by atoms with Crippen LogP contribution in [-0.2, 0) is 0 Å². The highest BCUT2D eigenvalue weighted by Gasteiger charge is 2.24. The molecule has 1 fully saturated rings. The molecule has 1 saturated carbocycles. The molecule has 1 atom stereocenters. The molecule has 0 spiro atoms. The number of hydrogen-bond acceptors (Lipinski definition) is 2. The highest BCUT2D eigenvalue weighted by Crippen LogP contribution is 2.25. The Kier molecular flexibility index (Phi) is 4.69. The fourth-order valence-corrected chi connectivity index (χ4v) is 2.29. The fourth-order valence-electron chi connectivity index (χ4n) is 2.29. The third kappa shape index (κ3) is 2.85. The van der Waals surface area contributed by atoms with Crippen LogP contribution in [0.5, 0.6) is 0 Å². The Morgan fingerprint density at radius 3 is 2.71 bits per heavy atom. The lowest BCUT2D eigenvalue weighted by molar-refractivity contribution is 0.171. The summed E-state index contributed by atoms with van der Waals surface area (Å²) in [5.74, 6) is 2.73. The van der Waals surface area contributed by atoms with Crippen molar-refractivity contribution in [2.45, 2.75) is 51.1 Å². The predicted octanol–water partition coefficient (Wildman–Crippen LogP) is 2.29. The van der Waals surface area contributed by atoms with Crippen LogP contribution in [0, 0.1) is 17.8 Å². The minimum absolute atomic E-state index is 0.423. The van der Waals surface area contributed by atoms with Crippen molar-refractivity contribution >= 4 is 6.21 Å². The van der Waals surface area contributed by atoms with E-state index in [0.717, 1.165) is 13.0 Å². The Bertz CT molecular complexity index is 211. The first-order valence-electron chi connectivity index (χ1n) is 5.47. The summed E-state index contributed by atoms with van der Waals surface area (Å²) in [7, 11) is 0. The molecule has 78 valence electrons. The maximum absolute atomic E-state index is 7.13. The van der Waals surface area contributed by atoms with E-state index in [4.69, 9.17) is 11.8 Å². The average molecular weight is 192 g/mol. The molecule has 0 aromatic heterocycles. The second-order valence-corrected chi connectivity index (χ2v) is 4.10. The largest absolute Gasteiger partial charge is 0.313 e. The first-order valence-corrected chi connectivity index (χ1v) is 5.47. The van der Waals surface area contributed by atoms with Gasteiger partial charge in [0, 0.05) is 12.1 Å². The summed E-state index contributed by atoms with van der Waals surface area (Å²) in [5.41, 5.74) is 0. The highest BCUT2D eigenvalue weighted by atomic mass is 15.2. The number of terminal acetylenes is 1. The Morgan fingerprint density at radius 2 is 2.21 bits per heavy atom. The summed E-state index contributed by atoms with van der Waals surface area (Å²) in [6.07, 6.45) is 12.9. The summed E-state index contributed by atoms with van der Waals surface area (Å²) in [6, 6.07) is 1.09. The van der Waals surface area contributed by atoms with Crippen molar-refractivity contribution in [2.75, 3.05) is 6.54 Å². The van der Waals surface area contributed by atoms with Crippen molar-refractivity contribution in [3.05, 3.63) is 0 Å². The average Bonchev–Trinajstić information content (AvgIpc) is 2.67.